The molecule has 4 aliphatic rings. The summed E-state index contributed by atoms with van der Waals surface area (Å²) in [7, 11) is 0. The highest BCUT2D eigenvalue weighted by Crippen LogP contribution is 2.55. The summed E-state index contributed by atoms with van der Waals surface area (Å²) in [5.41, 5.74) is 3.35. The first-order chi connectivity index (χ1) is 17.2. The lowest BCUT2D eigenvalue weighted by atomic mass is 9.82. The first kappa shape index (κ1) is 23.2. The molecule has 7 heteroatoms. The van der Waals surface area contributed by atoms with Crippen molar-refractivity contribution in [1.29, 1.82) is 0 Å². The molecule has 3 aliphatic heterocycles. The van der Waals surface area contributed by atoms with Gasteiger partial charge in [0.2, 0.25) is 5.91 Å². The predicted octanol–water partition coefficient (Wildman–Crippen LogP) is 3.65. The molecule has 0 radical (unpaired) electrons. The van der Waals surface area contributed by atoms with E-state index in [1.165, 1.54) is 18.4 Å². The number of carbonyl (C=O) groups is 3. The van der Waals surface area contributed by atoms with Crippen LogP contribution in [0.25, 0.3) is 0 Å². The molecule has 0 spiro atoms. The Labute approximate surface area is 211 Å². The van der Waals surface area contributed by atoms with Crippen LogP contribution in [0.5, 0.6) is 5.75 Å². The molecule has 1 aliphatic carbocycles. The maximum absolute atomic E-state index is 13.2. The maximum Gasteiger partial charge on any atom is 0.255 e. The van der Waals surface area contributed by atoms with Crippen LogP contribution in [0.1, 0.15) is 66.6 Å². The normalized spacial score (nSPS) is 26.9. The highest BCUT2D eigenvalue weighted by Gasteiger charge is 2.68. The lowest BCUT2D eigenvalue weighted by Crippen LogP contribution is -2.55. The van der Waals surface area contributed by atoms with Gasteiger partial charge in [-0.15, -0.1) is 0 Å². The second-order valence-electron chi connectivity index (χ2n) is 11.6. The number of likely N-dealkylation sites (tertiary alicyclic amines) is 1. The molecule has 1 saturated carbocycles. The van der Waals surface area contributed by atoms with Crippen LogP contribution < -0.4 is 10.1 Å². The standard InChI is InChI=1S/C29H33N3O4/c1-28(2)10-12-31(13-11-28)16-19-6-8-20(9-7-19)18-36-24-5-3-4-22-23(24)17-32(26(22)34)29-15-21(29)14-25(33)30-27(29)35/h3-9,21H,10-18H2,1-2H3,(H,30,33,35)/t21?,29-/m0/s1. The van der Waals surface area contributed by atoms with Gasteiger partial charge in [0.25, 0.3) is 11.8 Å². The summed E-state index contributed by atoms with van der Waals surface area (Å²) in [6, 6.07) is 14.1. The van der Waals surface area contributed by atoms with E-state index >= 15 is 0 Å². The Hall–Kier alpha value is -3.19. The van der Waals surface area contributed by atoms with E-state index in [4.69, 9.17) is 4.74 Å². The van der Waals surface area contributed by atoms with Crippen LogP contribution in [0.3, 0.4) is 0 Å². The van der Waals surface area contributed by atoms with Crippen LogP contribution in [0.15, 0.2) is 42.5 Å². The van der Waals surface area contributed by atoms with Gasteiger partial charge in [0.15, 0.2) is 0 Å². The first-order valence-electron chi connectivity index (χ1n) is 13.0. The molecule has 2 aromatic carbocycles. The molecule has 7 nitrogen and oxygen atoms in total. The summed E-state index contributed by atoms with van der Waals surface area (Å²) in [6.07, 6.45) is 3.32. The summed E-state index contributed by atoms with van der Waals surface area (Å²) >= 11 is 0. The number of carbonyl (C=O) groups excluding carboxylic acids is 3. The smallest absolute Gasteiger partial charge is 0.255 e. The zero-order chi connectivity index (χ0) is 25.1. The molecule has 0 aromatic heterocycles. The van der Waals surface area contributed by atoms with Crippen molar-refractivity contribution in [2.24, 2.45) is 11.3 Å². The van der Waals surface area contributed by atoms with Crippen molar-refractivity contribution < 1.29 is 19.1 Å². The van der Waals surface area contributed by atoms with Gasteiger partial charge in [-0.25, -0.2) is 0 Å². The molecule has 2 aromatic rings. The molecule has 188 valence electrons. The van der Waals surface area contributed by atoms with Crippen LogP contribution >= 0.6 is 0 Å². The van der Waals surface area contributed by atoms with Crippen molar-refractivity contribution in [3.8, 4) is 5.75 Å². The third kappa shape index (κ3) is 3.99. The van der Waals surface area contributed by atoms with Gasteiger partial charge in [0, 0.05) is 30.0 Å². The number of amides is 3. The molecule has 2 atom stereocenters. The molecule has 2 saturated heterocycles. The Morgan fingerprint density at radius 2 is 1.72 bits per heavy atom. The quantitative estimate of drug-likeness (QED) is 0.630. The van der Waals surface area contributed by atoms with Gasteiger partial charge in [0.1, 0.15) is 17.9 Å². The number of ether oxygens (including phenoxy) is 1. The predicted molar refractivity (Wildman–Crippen MR) is 134 cm³/mol. The van der Waals surface area contributed by atoms with Gasteiger partial charge >= 0.3 is 0 Å². The number of fused-ring (bicyclic) bond motifs is 2. The average Bonchev–Trinajstić information content (AvgIpc) is 3.49. The van der Waals surface area contributed by atoms with Crippen LogP contribution in [0.4, 0.5) is 0 Å². The number of piperidine rings is 2. The third-order valence-corrected chi connectivity index (χ3v) is 8.59. The minimum Gasteiger partial charge on any atom is -0.489 e. The van der Waals surface area contributed by atoms with Gasteiger partial charge in [-0.1, -0.05) is 44.2 Å². The molecule has 3 heterocycles. The van der Waals surface area contributed by atoms with Gasteiger partial charge in [0.05, 0.1) is 6.54 Å². The molecule has 3 amide bonds. The fourth-order valence-corrected chi connectivity index (χ4v) is 6.04. The Morgan fingerprint density at radius 3 is 2.44 bits per heavy atom. The van der Waals surface area contributed by atoms with Gasteiger partial charge in [-0.05, 0) is 61.0 Å². The number of hydrogen-bond acceptors (Lipinski definition) is 5. The SMILES string of the molecule is CC1(C)CCN(Cc2ccc(COc3cccc4c3CN([C@@]35CC3CC(=O)NC5=O)C4=O)cc2)CC1. The Kier molecular flexibility index (Phi) is 5.45. The molecule has 1 unspecified atom stereocenters. The number of nitrogens with zero attached hydrogens (tertiary/aromatic N) is 2. The molecule has 36 heavy (non-hydrogen) atoms. The number of nitrogens with one attached hydrogen (secondary N) is 1. The van der Waals surface area contributed by atoms with Crippen LogP contribution in [0, 0.1) is 11.3 Å². The van der Waals surface area contributed by atoms with E-state index in [-0.39, 0.29) is 23.6 Å². The molecule has 1 N–H and O–H groups in total. The van der Waals surface area contributed by atoms with Crippen molar-refractivity contribution >= 4 is 17.7 Å². The van der Waals surface area contributed by atoms with Crippen molar-refractivity contribution in [3.63, 3.8) is 0 Å². The molecular formula is C29H33N3O4. The van der Waals surface area contributed by atoms with Crippen molar-refractivity contribution in [1.82, 2.24) is 15.1 Å². The number of rotatable bonds is 6. The highest BCUT2D eigenvalue weighted by molar-refractivity contribution is 6.10. The minimum atomic E-state index is -0.888. The number of benzene rings is 2. The summed E-state index contributed by atoms with van der Waals surface area (Å²) < 4.78 is 6.18. The highest BCUT2D eigenvalue weighted by atomic mass is 16.5. The largest absolute Gasteiger partial charge is 0.489 e. The van der Waals surface area contributed by atoms with E-state index in [2.05, 4.69) is 48.3 Å². The van der Waals surface area contributed by atoms with Crippen molar-refractivity contribution in [2.45, 2.75) is 64.8 Å². The first-order valence-corrected chi connectivity index (χ1v) is 13.0. The second kappa shape index (κ2) is 8.44. The molecule has 0 bridgehead atoms. The Bertz CT molecular complexity index is 1230. The maximum atomic E-state index is 13.2. The second-order valence-corrected chi connectivity index (χ2v) is 11.6. The fourth-order valence-electron chi connectivity index (χ4n) is 6.04. The Balaban J connectivity index is 1.10. The minimum absolute atomic E-state index is 0.0867. The molecule has 3 fully saturated rings. The summed E-state index contributed by atoms with van der Waals surface area (Å²) in [6.45, 7) is 8.71. The third-order valence-electron chi connectivity index (χ3n) is 8.59. The summed E-state index contributed by atoms with van der Waals surface area (Å²) in [5.74, 6) is -0.175. The van der Waals surface area contributed by atoms with E-state index in [9.17, 15) is 14.4 Å². The zero-order valence-corrected chi connectivity index (χ0v) is 21.0. The van der Waals surface area contributed by atoms with Gasteiger partial charge in [-0.3, -0.25) is 24.6 Å². The lowest BCUT2D eigenvalue weighted by Gasteiger charge is -2.36. The van der Waals surface area contributed by atoms with Crippen LogP contribution in [-0.4, -0.2) is 46.1 Å². The van der Waals surface area contributed by atoms with Gasteiger partial charge in [-0.2, -0.15) is 0 Å². The van der Waals surface area contributed by atoms with E-state index in [0.29, 0.717) is 42.7 Å². The molecular weight excluding hydrogens is 454 g/mol. The van der Waals surface area contributed by atoms with Crippen LogP contribution in [-0.2, 0) is 29.3 Å². The van der Waals surface area contributed by atoms with E-state index < -0.39 is 5.54 Å². The van der Waals surface area contributed by atoms with Crippen molar-refractivity contribution in [2.75, 3.05) is 13.1 Å². The average molecular weight is 488 g/mol. The number of hydrogen-bond donors (Lipinski definition) is 1. The van der Waals surface area contributed by atoms with Gasteiger partial charge < -0.3 is 9.64 Å². The topological polar surface area (TPSA) is 79.0 Å². The fraction of sp³-hybridized carbons (Fsp3) is 0.483. The van der Waals surface area contributed by atoms with E-state index in [0.717, 1.165) is 30.8 Å². The number of imide groups is 1. The van der Waals surface area contributed by atoms with E-state index in [1.807, 2.05) is 12.1 Å². The zero-order valence-electron chi connectivity index (χ0n) is 21.0. The summed E-state index contributed by atoms with van der Waals surface area (Å²) in [5, 5.41) is 2.42. The van der Waals surface area contributed by atoms with Crippen molar-refractivity contribution in [3.05, 3.63) is 64.7 Å². The molecule has 6 rings (SSSR count). The van der Waals surface area contributed by atoms with Crippen LogP contribution in [0.2, 0.25) is 0 Å². The monoisotopic (exact) mass is 487 g/mol. The Morgan fingerprint density at radius 1 is 1.00 bits per heavy atom. The van der Waals surface area contributed by atoms with E-state index in [1.54, 1.807) is 11.0 Å². The lowest BCUT2D eigenvalue weighted by molar-refractivity contribution is -0.137. The summed E-state index contributed by atoms with van der Waals surface area (Å²) in [4.78, 5) is 41.8.